The van der Waals surface area contributed by atoms with E-state index >= 15 is 0 Å². The van der Waals surface area contributed by atoms with Gasteiger partial charge in [-0.15, -0.1) is 11.3 Å². The maximum atomic E-state index is 4.45. The first kappa shape index (κ1) is 12.7. The molecule has 7 heteroatoms. The van der Waals surface area contributed by atoms with Crippen LogP contribution in [-0.2, 0) is 0 Å². The molecule has 0 spiro atoms. The van der Waals surface area contributed by atoms with Gasteiger partial charge in [0.2, 0.25) is 0 Å². The summed E-state index contributed by atoms with van der Waals surface area (Å²) >= 11 is 4.72. The molecule has 0 saturated heterocycles. The number of aromatic nitrogens is 3. The van der Waals surface area contributed by atoms with Gasteiger partial charge in [-0.05, 0) is 24.9 Å². The molecular weight excluding hydrogens is 272 g/mol. The van der Waals surface area contributed by atoms with E-state index in [4.69, 9.17) is 0 Å². The van der Waals surface area contributed by atoms with Crippen molar-refractivity contribution in [3.8, 4) is 0 Å². The number of nitrogens with zero attached hydrogens (tertiary/aromatic N) is 3. The van der Waals surface area contributed by atoms with Crippen LogP contribution in [0.1, 0.15) is 6.92 Å². The average molecular weight is 284 g/mol. The lowest BCUT2D eigenvalue weighted by atomic mass is 10.5. The van der Waals surface area contributed by atoms with Crippen molar-refractivity contribution < 1.29 is 0 Å². The van der Waals surface area contributed by atoms with E-state index in [0.29, 0.717) is 0 Å². The van der Waals surface area contributed by atoms with Crippen molar-refractivity contribution in [3.05, 3.63) is 17.6 Å². The lowest BCUT2D eigenvalue weighted by Crippen LogP contribution is -2.01. The van der Waals surface area contributed by atoms with Gasteiger partial charge in [0.15, 0.2) is 9.50 Å². The van der Waals surface area contributed by atoms with Crippen molar-refractivity contribution in [1.82, 2.24) is 15.0 Å². The third-order valence-electron chi connectivity index (χ3n) is 1.82. The van der Waals surface area contributed by atoms with E-state index in [1.165, 1.54) is 0 Å². The highest BCUT2D eigenvalue weighted by atomic mass is 32.2. The number of hydrogen-bond acceptors (Lipinski definition) is 7. The molecule has 0 radical (unpaired) electrons. The molecule has 0 aliphatic heterocycles. The van der Waals surface area contributed by atoms with E-state index in [9.17, 15) is 0 Å². The Labute approximate surface area is 113 Å². The second-order valence-corrected chi connectivity index (χ2v) is 5.94. The molecule has 2 aromatic heterocycles. The molecule has 0 aliphatic rings. The number of anilines is 1. The van der Waals surface area contributed by atoms with Crippen LogP contribution in [0.4, 0.5) is 5.82 Å². The average Bonchev–Trinajstić information content (AvgIpc) is 2.82. The summed E-state index contributed by atoms with van der Waals surface area (Å²) < 4.78 is 0.998. The van der Waals surface area contributed by atoms with Crippen LogP contribution in [0.25, 0.3) is 0 Å². The molecule has 0 fully saturated rings. The summed E-state index contributed by atoms with van der Waals surface area (Å²) in [5, 5.41) is 6.88. The maximum Gasteiger partial charge on any atom is 0.190 e. The Morgan fingerprint density at radius 2 is 2.29 bits per heavy atom. The Morgan fingerprint density at radius 1 is 1.41 bits per heavy atom. The van der Waals surface area contributed by atoms with Crippen LogP contribution < -0.4 is 5.32 Å². The Hall–Kier alpha value is -0.790. The summed E-state index contributed by atoms with van der Waals surface area (Å²) in [6, 6.07) is 1.95. The highest BCUT2D eigenvalue weighted by Gasteiger charge is 2.06. The smallest absolute Gasteiger partial charge is 0.190 e. The van der Waals surface area contributed by atoms with Crippen molar-refractivity contribution in [2.75, 3.05) is 18.1 Å². The lowest BCUT2D eigenvalue weighted by molar-refractivity contribution is 0.891. The van der Waals surface area contributed by atoms with E-state index in [0.717, 1.165) is 26.9 Å². The molecule has 2 heterocycles. The second kappa shape index (κ2) is 6.23. The van der Waals surface area contributed by atoms with Gasteiger partial charge in [-0.25, -0.2) is 15.0 Å². The monoisotopic (exact) mass is 284 g/mol. The van der Waals surface area contributed by atoms with Gasteiger partial charge in [0.1, 0.15) is 10.8 Å². The van der Waals surface area contributed by atoms with Crippen LogP contribution in [0.2, 0.25) is 0 Å². The zero-order valence-corrected chi connectivity index (χ0v) is 12.0. The molecule has 17 heavy (non-hydrogen) atoms. The van der Waals surface area contributed by atoms with E-state index in [2.05, 4.69) is 27.2 Å². The molecule has 0 saturated carbocycles. The summed E-state index contributed by atoms with van der Waals surface area (Å²) in [4.78, 5) is 13.1. The Kier molecular flexibility index (Phi) is 4.64. The van der Waals surface area contributed by atoms with Crippen molar-refractivity contribution in [1.29, 1.82) is 0 Å². The molecule has 0 aliphatic carbocycles. The van der Waals surface area contributed by atoms with Crippen LogP contribution in [0.5, 0.6) is 0 Å². The summed E-state index contributed by atoms with van der Waals surface area (Å²) in [5.74, 6) is 0.867. The van der Waals surface area contributed by atoms with Crippen molar-refractivity contribution in [2.45, 2.75) is 21.4 Å². The summed E-state index contributed by atoms with van der Waals surface area (Å²) in [7, 11) is 0. The molecule has 2 rings (SSSR count). The maximum absolute atomic E-state index is 4.45. The number of thiazole rings is 1. The molecule has 2 aromatic rings. The van der Waals surface area contributed by atoms with Gasteiger partial charge in [0.05, 0.1) is 0 Å². The normalized spacial score (nSPS) is 10.5. The minimum absolute atomic E-state index is 0.780. The first-order valence-electron chi connectivity index (χ1n) is 5.06. The fraction of sp³-hybridized carbons (Fsp3) is 0.300. The van der Waals surface area contributed by atoms with E-state index in [-0.39, 0.29) is 0 Å². The van der Waals surface area contributed by atoms with Gasteiger partial charge in [0, 0.05) is 24.2 Å². The molecule has 0 unspecified atom stereocenters. The second-order valence-electron chi connectivity index (χ2n) is 3.01. The molecule has 0 amide bonds. The molecule has 0 bridgehead atoms. The third kappa shape index (κ3) is 3.58. The summed E-state index contributed by atoms with van der Waals surface area (Å²) in [6.45, 7) is 2.90. The molecule has 4 nitrogen and oxygen atoms in total. The summed E-state index contributed by atoms with van der Waals surface area (Å²) in [5.41, 5.74) is 0. The molecule has 90 valence electrons. The standard InChI is InChI=1S/C10H12N4S3/c1-3-11-7-6-8(14-9(13-7)15-2)17-10-12-4-5-16-10/h4-6H,3H2,1-2H3,(H,11,13,14). The van der Waals surface area contributed by atoms with Gasteiger partial charge in [-0.1, -0.05) is 11.8 Å². The van der Waals surface area contributed by atoms with E-state index in [1.807, 2.05) is 17.7 Å². The van der Waals surface area contributed by atoms with Crippen LogP contribution in [-0.4, -0.2) is 27.8 Å². The number of hydrogen-bond donors (Lipinski definition) is 1. The Balaban J connectivity index is 2.23. The minimum atomic E-state index is 0.780. The summed E-state index contributed by atoms with van der Waals surface area (Å²) in [6.07, 6.45) is 3.78. The van der Waals surface area contributed by atoms with Gasteiger partial charge in [0.25, 0.3) is 0 Å². The Bertz CT molecular complexity index is 472. The molecule has 0 atom stereocenters. The van der Waals surface area contributed by atoms with Crippen molar-refractivity contribution >= 4 is 40.7 Å². The predicted molar refractivity (Wildman–Crippen MR) is 74.2 cm³/mol. The van der Waals surface area contributed by atoms with Crippen LogP contribution in [0.15, 0.2) is 32.2 Å². The van der Waals surface area contributed by atoms with Crippen LogP contribution in [0.3, 0.4) is 0 Å². The zero-order valence-electron chi connectivity index (χ0n) is 9.51. The lowest BCUT2D eigenvalue weighted by Gasteiger charge is -2.06. The molecular formula is C10H12N4S3. The predicted octanol–water partition coefficient (Wildman–Crippen LogP) is 3.24. The van der Waals surface area contributed by atoms with E-state index in [1.54, 1.807) is 41.1 Å². The van der Waals surface area contributed by atoms with Crippen molar-refractivity contribution in [3.63, 3.8) is 0 Å². The highest BCUT2D eigenvalue weighted by Crippen LogP contribution is 2.29. The third-order valence-corrected chi connectivity index (χ3v) is 4.17. The van der Waals surface area contributed by atoms with Gasteiger partial charge >= 0.3 is 0 Å². The highest BCUT2D eigenvalue weighted by molar-refractivity contribution is 8.01. The zero-order chi connectivity index (χ0) is 12.1. The van der Waals surface area contributed by atoms with Crippen LogP contribution in [0, 0.1) is 0 Å². The fourth-order valence-electron chi connectivity index (χ4n) is 1.17. The van der Waals surface area contributed by atoms with Crippen molar-refractivity contribution in [2.24, 2.45) is 0 Å². The number of rotatable bonds is 5. The van der Waals surface area contributed by atoms with E-state index < -0.39 is 0 Å². The Morgan fingerprint density at radius 3 is 2.94 bits per heavy atom. The first-order valence-corrected chi connectivity index (χ1v) is 7.98. The number of nitrogens with one attached hydrogen (secondary N) is 1. The van der Waals surface area contributed by atoms with Gasteiger partial charge in [-0.3, -0.25) is 0 Å². The number of thioether (sulfide) groups is 1. The molecule has 0 aromatic carbocycles. The van der Waals surface area contributed by atoms with Gasteiger partial charge in [-0.2, -0.15) is 0 Å². The molecule has 1 N–H and O–H groups in total. The largest absolute Gasteiger partial charge is 0.370 e. The minimum Gasteiger partial charge on any atom is -0.370 e. The first-order chi connectivity index (χ1) is 8.31. The topological polar surface area (TPSA) is 50.7 Å². The fourth-order valence-corrected chi connectivity index (χ4v) is 3.18. The van der Waals surface area contributed by atoms with Crippen LogP contribution >= 0.6 is 34.9 Å². The quantitative estimate of drug-likeness (QED) is 0.517. The SMILES string of the molecule is CCNc1cc(Sc2nccs2)nc(SC)n1. The van der Waals surface area contributed by atoms with Gasteiger partial charge < -0.3 is 5.32 Å².